The van der Waals surface area contributed by atoms with Gasteiger partial charge in [-0.05, 0) is 24.1 Å². The van der Waals surface area contributed by atoms with E-state index in [0.29, 0.717) is 11.3 Å². The first kappa shape index (κ1) is 14.5. The zero-order chi connectivity index (χ0) is 15.2. The third-order valence-corrected chi connectivity index (χ3v) is 3.26. The van der Waals surface area contributed by atoms with Gasteiger partial charge in [0, 0.05) is 6.07 Å². The number of benzene rings is 2. The summed E-state index contributed by atoms with van der Waals surface area (Å²) in [6, 6.07) is 16.0. The van der Waals surface area contributed by atoms with E-state index in [0.717, 1.165) is 12.0 Å². The van der Waals surface area contributed by atoms with Crippen molar-refractivity contribution in [3.05, 3.63) is 69.8 Å². The van der Waals surface area contributed by atoms with Crippen molar-refractivity contribution in [2.24, 2.45) is 0 Å². The van der Waals surface area contributed by atoms with Gasteiger partial charge in [0.05, 0.1) is 22.6 Å². The van der Waals surface area contributed by atoms with Crippen LogP contribution in [0.3, 0.4) is 0 Å². The van der Waals surface area contributed by atoms with Crippen molar-refractivity contribution in [1.82, 2.24) is 0 Å². The molecule has 5 heteroatoms. The van der Waals surface area contributed by atoms with E-state index in [-0.39, 0.29) is 11.7 Å². The van der Waals surface area contributed by atoms with Crippen molar-refractivity contribution in [3.63, 3.8) is 0 Å². The summed E-state index contributed by atoms with van der Waals surface area (Å²) in [5, 5.41) is 23.2. The minimum Gasteiger partial charge on any atom is -0.373 e. The predicted octanol–water partition coefficient (Wildman–Crippen LogP) is 4.03. The Kier molecular flexibility index (Phi) is 4.52. The summed E-state index contributed by atoms with van der Waals surface area (Å²) >= 11 is 0. The van der Waals surface area contributed by atoms with Crippen LogP contribution in [0.2, 0.25) is 0 Å². The highest BCUT2D eigenvalue weighted by atomic mass is 16.6. The Balaban J connectivity index is 2.37. The topological polar surface area (TPSA) is 79.0 Å². The Bertz CT molecular complexity index is 678. The number of nitrogens with one attached hydrogen (secondary N) is 1. The zero-order valence-electron chi connectivity index (χ0n) is 11.6. The molecule has 0 fully saturated rings. The molecule has 0 heterocycles. The molecule has 0 amide bonds. The third kappa shape index (κ3) is 3.37. The van der Waals surface area contributed by atoms with Crippen molar-refractivity contribution in [1.29, 1.82) is 5.26 Å². The van der Waals surface area contributed by atoms with Crippen LogP contribution in [0.5, 0.6) is 0 Å². The van der Waals surface area contributed by atoms with Crippen LogP contribution in [0, 0.1) is 21.4 Å². The van der Waals surface area contributed by atoms with E-state index >= 15 is 0 Å². The highest BCUT2D eigenvalue weighted by Crippen LogP contribution is 2.30. The van der Waals surface area contributed by atoms with Gasteiger partial charge in [-0.1, -0.05) is 37.3 Å². The molecule has 1 atom stereocenters. The van der Waals surface area contributed by atoms with Crippen molar-refractivity contribution < 1.29 is 4.92 Å². The number of nitro groups is 1. The second-order valence-electron chi connectivity index (χ2n) is 4.62. The van der Waals surface area contributed by atoms with Crippen molar-refractivity contribution >= 4 is 11.4 Å². The van der Waals surface area contributed by atoms with E-state index in [9.17, 15) is 10.1 Å². The van der Waals surface area contributed by atoms with E-state index in [1.807, 2.05) is 43.3 Å². The molecule has 0 aliphatic carbocycles. The first-order valence-corrected chi connectivity index (χ1v) is 6.65. The van der Waals surface area contributed by atoms with Crippen LogP contribution in [0.15, 0.2) is 48.5 Å². The quantitative estimate of drug-likeness (QED) is 0.662. The molecule has 1 unspecified atom stereocenters. The smallest absolute Gasteiger partial charge is 0.292 e. The summed E-state index contributed by atoms with van der Waals surface area (Å²) in [6.07, 6.45) is 0.776. The Morgan fingerprint density at radius 3 is 2.57 bits per heavy atom. The maximum absolute atomic E-state index is 11.1. The Hall–Kier alpha value is -2.87. The largest absolute Gasteiger partial charge is 0.373 e. The lowest BCUT2D eigenvalue weighted by Gasteiger charge is -2.18. The lowest BCUT2D eigenvalue weighted by Crippen LogP contribution is -2.11. The summed E-state index contributed by atoms with van der Waals surface area (Å²) in [5.74, 6) is 0. The molecular formula is C16H15N3O2. The van der Waals surface area contributed by atoms with Gasteiger partial charge in [0.2, 0.25) is 0 Å². The first-order chi connectivity index (χ1) is 10.2. The number of anilines is 1. The van der Waals surface area contributed by atoms with Crippen LogP contribution in [0.25, 0.3) is 0 Å². The maximum Gasteiger partial charge on any atom is 0.292 e. The number of rotatable bonds is 5. The summed E-state index contributed by atoms with van der Waals surface area (Å²) in [5.41, 5.74) is 1.79. The molecular weight excluding hydrogens is 266 g/mol. The Labute approximate surface area is 123 Å². The van der Waals surface area contributed by atoms with Crippen molar-refractivity contribution in [2.75, 3.05) is 5.32 Å². The monoisotopic (exact) mass is 281 g/mol. The molecule has 0 spiro atoms. The second-order valence-corrected chi connectivity index (χ2v) is 4.62. The lowest BCUT2D eigenvalue weighted by molar-refractivity contribution is -0.384. The van der Waals surface area contributed by atoms with Gasteiger partial charge < -0.3 is 5.32 Å². The van der Waals surface area contributed by atoms with Crippen LogP contribution in [-0.2, 0) is 0 Å². The zero-order valence-corrected chi connectivity index (χ0v) is 11.6. The first-order valence-electron chi connectivity index (χ1n) is 6.65. The van der Waals surface area contributed by atoms with Gasteiger partial charge >= 0.3 is 0 Å². The normalized spacial score (nSPS) is 11.4. The standard InChI is InChI=1S/C16H15N3O2/c1-2-14(13-6-4-3-5-7-13)18-15-10-12(11-17)8-9-16(15)19(20)21/h3-10,14,18H,2H2,1H3. The fourth-order valence-electron chi connectivity index (χ4n) is 2.17. The minimum absolute atomic E-state index is 0.0246. The summed E-state index contributed by atoms with van der Waals surface area (Å²) < 4.78 is 0. The molecule has 2 aromatic carbocycles. The molecule has 0 aliphatic rings. The molecule has 0 saturated carbocycles. The van der Waals surface area contributed by atoms with Gasteiger partial charge in [-0.15, -0.1) is 0 Å². The van der Waals surface area contributed by atoms with E-state index in [2.05, 4.69) is 5.32 Å². The average molecular weight is 281 g/mol. The number of nitro benzene ring substituents is 1. The number of nitriles is 1. The molecule has 21 heavy (non-hydrogen) atoms. The van der Waals surface area contributed by atoms with Crippen LogP contribution < -0.4 is 5.32 Å². The highest BCUT2D eigenvalue weighted by Gasteiger charge is 2.18. The SMILES string of the molecule is CCC(Nc1cc(C#N)ccc1[N+](=O)[O-])c1ccccc1. The molecule has 106 valence electrons. The van der Waals surface area contributed by atoms with Crippen LogP contribution in [0.4, 0.5) is 11.4 Å². The molecule has 2 rings (SSSR count). The van der Waals surface area contributed by atoms with Gasteiger partial charge in [0.25, 0.3) is 5.69 Å². The average Bonchev–Trinajstić information content (AvgIpc) is 2.53. The van der Waals surface area contributed by atoms with Gasteiger partial charge in [-0.3, -0.25) is 10.1 Å². The summed E-state index contributed by atoms with van der Waals surface area (Å²) in [4.78, 5) is 10.7. The molecule has 0 radical (unpaired) electrons. The molecule has 1 N–H and O–H groups in total. The second kappa shape index (κ2) is 6.53. The van der Waals surface area contributed by atoms with E-state index < -0.39 is 4.92 Å². The number of nitrogens with zero attached hydrogens (tertiary/aromatic N) is 2. The Morgan fingerprint density at radius 2 is 2.00 bits per heavy atom. The number of hydrogen-bond donors (Lipinski definition) is 1. The van der Waals surface area contributed by atoms with Gasteiger partial charge in [0.15, 0.2) is 0 Å². The molecule has 0 aromatic heterocycles. The maximum atomic E-state index is 11.1. The van der Waals surface area contributed by atoms with Crippen LogP contribution in [0.1, 0.15) is 30.5 Å². The fourth-order valence-corrected chi connectivity index (χ4v) is 2.17. The number of hydrogen-bond acceptors (Lipinski definition) is 4. The van der Waals surface area contributed by atoms with Crippen molar-refractivity contribution in [3.8, 4) is 6.07 Å². The molecule has 2 aromatic rings. The lowest BCUT2D eigenvalue weighted by atomic mass is 10.0. The van der Waals surface area contributed by atoms with Crippen molar-refractivity contribution in [2.45, 2.75) is 19.4 Å². The summed E-state index contributed by atoms with van der Waals surface area (Å²) in [6.45, 7) is 2.00. The highest BCUT2D eigenvalue weighted by molar-refractivity contribution is 5.65. The van der Waals surface area contributed by atoms with E-state index in [1.165, 1.54) is 18.2 Å². The molecule has 0 aliphatic heterocycles. The van der Waals surface area contributed by atoms with Gasteiger partial charge in [-0.25, -0.2) is 0 Å². The van der Waals surface area contributed by atoms with E-state index in [4.69, 9.17) is 5.26 Å². The third-order valence-electron chi connectivity index (χ3n) is 3.26. The Morgan fingerprint density at radius 1 is 1.29 bits per heavy atom. The van der Waals surface area contributed by atoms with Crippen LogP contribution >= 0.6 is 0 Å². The van der Waals surface area contributed by atoms with E-state index in [1.54, 1.807) is 0 Å². The van der Waals surface area contributed by atoms with Gasteiger partial charge in [0.1, 0.15) is 5.69 Å². The molecule has 0 bridgehead atoms. The van der Waals surface area contributed by atoms with Crippen LogP contribution in [-0.4, -0.2) is 4.92 Å². The minimum atomic E-state index is -0.443. The van der Waals surface area contributed by atoms with Gasteiger partial charge in [-0.2, -0.15) is 5.26 Å². The summed E-state index contributed by atoms with van der Waals surface area (Å²) in [7, 11) is 0. The predicted molar refractivity (Wildman–Crippen MR) is 80.9 cm³/mol. The molecule has 0 saturated heterocycles. The molecule has 5 nitrogen and oxygen atoms in total. The fraction of sp³-hybridized carbons (Fsp3) is 0.188.